The minimum atomic E-state index is -0.307. The van der Waals surface area contributed by atoms with Crippen molar-refractivity contribution in [3.05, 3.63) is 46.3 Å². The van der Waals surface area contributed by atoms with Crippen LogP contribution < -0.4 is 10.6 Å². The van der Waals surface area contributed by atoms with Crippen LogP contribution in [-0.4, -0.2) is 11.8 Å². The third-order valence-electron chi connectivity index (χ3n) is 2.27. The van der Waals surface area contributed by atoms with Gasteiger partial charge in [-0.15, -0.1) is 11.3 Å². The van der Waals surface area contributed by atoms with Gasteiger partial charge in [-0.05, 0) is 18.2 Å². The second-order valence-electron chi connectivity index (χ2n) is 3.79. The summed E-state index contributed by atoms with van der Waals surface area (Å²) in [6, 6.07) is 10.6. The Labute approximate surface area is 119 Å². The van der Waals surface area contributed by atoms with Crippen molar-refractivity contribution in [1.82, 2.24) is 0 Å². The zero-order valence-electron chi connectivity index (χ0n) is 10.1. The van der Waals surface area contributed by atoms with Gasteiger partial charge in [0.15, 0.2) is 0 Å². The zero-order chi connectivity index (χ0) is 13.8. The number of nitrogens with one attached hydrogen (secondary N) is 2. The molecule has 1 aromatic heterocycles. The number of halogens is 1. The highest BCUT2D eigenvalue weighted by Gasteiger charge is 2.16. The number of rotatable bonds is 3. The van der Waals surface area contributed by atoms with Crippen LogP contribution in [0.5, 0.6) is 0 Å². The van der Waals surface area contributed by atoms with Crippen LogP contribution in [0, 0.1) is 0 Å². The second-order valence-corrected chi connectivity index (χ2v) is 5.48. The summed E-state index contributed by atoms with van der Waals surface area (Å²) in [5, 5.41) is 5.79. The molecule has 6 heteroatoms. The summed E-state index contributed by atoms with van der Waals surface area (Å²) in [5.41, 5.74) is 1.04. The Morgan fingerprint density at radius 2 is 1.84 bits per heavy atom. The Balaban J connectivity index is 2.21. The first-order valence-electron chi connectivity index (χ1n) is 5.49. The summed E-state index contributed by atoms with van der Waals surface area (Å²) in [7, 11) is 0. The number of carbonyl (C=O) groups is 2. The molecule has 2 N–H and O–H groups in total. The first-order valence-corrected chi connectivity index (χ1v) is 6.69. The highest BCUT2D eigenvalue weighted by atomic mass is 35.5. The Morgan fingerprint density at radius 1 is 1.16 bits per heavy atom. The molecule has 0 atom stereocenters. The molecule has 0 saturated carbocycles. The van der Waals surface area contributed by atoms with Gasteiger partial charge >= 0.3 is 0 Å². The topological polar surface area (TPSA) is 58.2 Å². The molecular formula is C13H11ClN2O2S. The van der Waals surface area contributed by atoms with E-state index in [1.165, 1.54) is 13.0 Å². The van der Waals surface area contributed by atoms with Crippen molar-refractivity contribution >= 4 is 45.4 Å². The summed E-state index contributed by atoms with van der Waals surface area (Å²) in [4.78, 5) is 23.2. The Hall–Kier alpha value is -1.85. The van der Waals surface area contributed by atoms with Crippen LogP contribution in [0.1, 0.15) is 17.3 Å². The monoisotopic (exact) mass is 294 g/mol. The van der Waals surface area contributed by atoms with Gasteiger partial charge in [0.1, 0.15) is 5.00 Å². The fraction of sp³-hybridized carbons (Fsp3) is 0.0769. The number of thiophene rings is 1. The van der Waals surface area contributed by atoms with E-state index in [2.05, 4.69) is 10.6 Å². The molecule has 0 radical (unpaired) electrons. The van der Waals surface area contributed by atoms with Gasteiger partial charge in [0.25, 0.3) is 5.91 Å². The smallest absolute Gasteiger partial charge is 0.258 e. The molecule has 2 aromatic rings. The van der Waals surface area contributed by atoms with E-state index >= 15 is 0 Å². The minimum Gasteiger partial charge on any atom is -0.322 e. The van der Waals surface area contributed by atoms with Gasteiger partial charge < -0.3 is 10.6 Å². The van der Waals surface area contributed by atoms with Crippen LogP contribution in [-0.2, 0) is 4.79 Å². The number of benzene rings is 1. The van der Waals surface area contributed by atoms with Crippen molar-refractivity contribution in [2.75, 3.05) is 10.6 Å². The number of amides is 2. The van der Waals surface area contributed by atoms with E-state index in [1.807, 2.05) is 18.2 Å². The molecule has 0 saturated heterocycles. The van der Waals surface area contributed by atoms with E-state index in [4.69, 9.17) is 11.6 Å². The summed E-state index contributed by atoms with van der Waals surface area (Å²) in [6.45, 7) is 1.38. The third-order valence-corrected chi connectivity index (χ3v) is 3.45. The lowest BCUT2D eigenvalue weighted by molar-refractivity contribution is -0.114. The van der Waals surface area contributed by atoms with E-state index in [9.17, 15) is 9.59 Å². The third kappa shape index (κ3) is 3.56. The fourth-order valence-corrected chi connectivity index (χ4v) is 2.67. The molecule has 0 aliphatic carbocycles. The number of para-hydroxylation sites is 1. The van der Waals surface area contributed by atoms with Crippen LogP contribution in [0.25, 0.3) is 0 Å². The summed E-state index contributed by atoms with van der Waals surface area (Å²) in [5.74, 6) is -0.551. The Bertz CT molecular complexity index is 610. The largest absolute Gasteiger partial charge is 0.322 e. The lowest BCUT2D eigenvalue weighted by atomic mass is 10.2. The first-order chi connectivity index (χ1) is 9.06. The molecule has 2 rings (SSSR count). The predicted molar refractivity (Wildman–Crippen MR) is 78.0 cm³/mol. The maximum absolute atomic E-state index is 12.1. The van der Waals surface area contributed by atoms with Gasteiger partial charge in [0.05, 0.1) is 9.90 Å². The van der Waals surface area contributed by atoms with Gasteiger partial charge in [-0.1, -0.05) is 29.8 Å². The molecule has 0 aliphatic heterocycles. The highest BCUT2D eigenvalue weighted by molar-refractivity contribution is 7.20. The average Bonchev–Trinajstić information content (AvgIpc) is 2.70. The Kier molecular flexibility index (Phi) is 4.19. The van der Waals surface area contributed by atoms with Crippen LogP contribution in [0.4, 0.5) is 10.7 Å². The van der Waals surface area contributed by atoms with E-state index in [0.717, 1.165) is 11.3 Å². The molecule has 0 fully saturated rings. The molecule has 0 spiro atoms. The lowest BCUT2D eigenvalue weighted by Crippen LogP contribution is -2.14. The van der Waals surface area contributed by atoms with Crippen molar-refractivity contribution in [2.45, 2.75) is 6.92 Å². The molecule has 4 nitrogen and oxygen atoms in total. The van der Waals surface area contributed by atoms with E-state index in [1.54, 1.807) is 12.1 Å². The predicted octanol–water partition coefficient (Wildman–Crippen LogP) is 3.61. The van der Waals surface area contributed by atoms with Crippen LogP contribution in [0.3, 0.4) is 0 Å². The van der Waals surface area contributed by atoms with Gasteiger partial charge in [-0.25, -0.2) is 0 Å². The van der Waals surface area contributed by atoms with Crippen molar-refractivity contribution in [3.8, 4) is 0 Å². The normalized spacial score (nSPS) is 10.0. The summed E-state index contributed by atoms with van der Waals surface area (Å²) >= 11 is 7.04. The number of hydrogen-bond acceptors (Lipinski definition) is 3. The molecular weight excluding hydrogens is 284 g/mol. The number of carbonyl (C=O) groups excluding carboxylic acids is 2. The van der Waals surface area contributed by atoms with Crippen molar-refractivity contribution in [2.24, 2.45) is 0 Å². The molecule has 1 aromatic carbocycles. The molecule has 0 aliphatic rings. The molecule has 98 valence electrons. The average molecular weight is 295 g/mol. The van der Waals surface area contributed by atoms with Crippen LogP contribution in [0.15, 0.2) is 36.4 Å². The molecule has 19 heavy (non-hydrogen) atoms. The lowest BCUT2D eigenvalue weighted by Gasteiger charge is -2.06. The van der Waals surface area contributed by atoms with Gasteiger partial charge in [-0.2, -0.15) is 0 Å². The highest BCUT2D eigenvalue weighted by Crippen LogP contribution is 2.32. The van der Waals surface area contributed by atoms with Crippen molar-refractivity contribution in [1.29, 1.82) is 0 Å². The summed E-state index contributed by atoms with van der Waals surface area (Å²) in [6.07, 6.45) is 0. The first kappa shape index (κ1) is 13.6. The maximum Gasteiger partial charge on any atom is 0.258 e. The van der Waals surface area contributed by atoms with Crippen molar-refractivity contribution in [3.63, 3.8) is 0 Å². The van der Waals surface area contributed by atoms with E-state index in [0.29, 0.717) is 20.6 Å². The zero-order valence-corrected chi connectivity index (χ0v) is 11.6. The molecule has 0 unspecified atom stereocenters. The maximum atomic E-state index is 12.1. The molecule has 2 amide bonds. The fourth-order valence-electron chi connectivity index (χ4n) is 1.50. The standard InChI is InChI=1S/C13H11ClN2O2S/c1-8(17)15-13-10(7-11(14)19-13)12(18)16-9-5-3-2-4-6-9/h2-7H,1H3,(H,15,17)(H,16,18). The molecule has 0 bridgehead atoms. The Morgan fingerprint density at radius 3 is 2.47 bits per heavy atom. The minimum absolute atomic E-state index is 0.243. The quantitative estimate of drug-likeness (QED) is 0.908. The van der Waals surface area contributed by atoms with Crippen molar-refractivity contribution < 1.29 is 9.59 Å². The summed E-state index contributed by atoms with van der Waals surface area (Å²) < 4.78 is 0.446. The van der Waals surface area contributed by atoms with Crippen LogP contribution in [0.2, 0.25) is 4.34 Å². The molecule has 1 heterocycles. The number of hydrogen-bond donors (Lipinski definition) is 2. The number of anilines is 2. The van der Waals surface area contributed by atoms with E-state index in [-0.39, 0.29) is 11.8 Å². The van der Waals surface area contributed by atoms with Gasteiger partial charge in [0, 0.05) is 12.6 Å². The van der Waals surface area contributed by atoms with Gasteiger partial charge in [0.2, 0.25) is 5.91 Å². The SMILES string of the molecule is CC(=O)Nc1sc(Cl)cc1C(=O)Nc1ccccc1. The van der Waals surface area contributed by atoms with Crippen LogP contribution >= 0.6 is 22.9 Å². The van der Waals surface area contributed by atoms with E-state index < -0.39 is 0 Å². The van der Waals surface area contributed by atoms with Gasteiger partial charge in [-0.3, -0.25) is 9.59 Å². The second kappa shape index (κ2) is 5.86.